The zero-order valence-electron chi connectivity index (χ0n) is 13.4. The van der Waals surface area contributed by atoms with Gasteiger partial charge in [-0.05, 0) is 35.7 Å². The summed E-state index contributed by atoms with van der Waals surface area (Å²) in [5.74, 6) is -0.645. The molecule has 1 aliphatic rings. The van der Waals surface area contributed by atoms with Crippen LogP contribution in [0.3, 0.4) is 0 Å². The van der Waals surface area contributed by atoms with Gasteiger partial charge in [0.15, 0.2) is 0 Å². The smallest absolute Gasteiger partial charge is 0.338 e. The second-order valence-electron chi connectivity index (χ2n) is 5.62. The number of fused-ring (bicyclic) bond motifs is 1. The van der Waals surface area contributed by atoms with Crippen molar-refractivity contribution in [2.75, 3.05) is 6.61 Å². The normalized spacial score (nSPS) is 15.9. The maximum Gasteiger partial charge on any atom is 0.338 e. The fourth-order valence-electron chi connectivity index (χ4n) is 2.60. The van der Waals surface area contributed by atoms with Crippen LogP contribution in [0.2, 0.25) is 0 Å². The van der Waals surface area contributed by atoms with Crippen molar-refractivity contribution in [1.29, 1.82) is 0 Å². The van der Waals surface area contributed by atoms with Crippen LogP contribution < -0.4 is 0 Å². The van der Waals surface area contributed by atoms with Crippen LogP contribution in [0.1, 0.15) is 57.7 Å². The highest BCUT2D eigenvalue weighted by Gasteiger charge is 2.24. The number of rotatable bonds is 5. The van der Waals surface area contributed by atoms with Crippen molar-refractivity contribution in [3.05, 3.63) is 70.8 Å². The van der Waals surface area contributed by atoms with Gasteiger partial charge in [-0.15, -0.1) is 5.11 Å². The molecule has 5 heteroatoms. The predicted molar refractivity (Wildman–Crippen MR) is 89.1 cm³/mol. The fourth-order valence-corrected chi connectivity index (χ4v) is 2.60. The molecule has 24 heavy (non-hydrogen) atoms. The molecule has 1 heterocycles. The average molecular weight is 322 g/mol. The number of hydrogen-bond acceptors (Lipinski definition) is 4. The maximum atomic E-state index is 11.9. The molecule has 0 N–H and O–H groups in total. The second kappa shape index (κ2) is 7.17. The summed E-state index contributed by atoms with van der Waals surface area (Å²) in [5, 5.41) is 7.85. The number of benzene rings is 2. The van der Waals surface area contributed by atoms with E-state index in [0.29, 0.717) is 17.7 Å². The van der Waals surface area contributed by atoms with Crippen molar-refractivity contribution in [1.82, 2.24) is 0 Å². The van der Waals surface area contributed by atoms with Crippen molar-refractivity contribution in [3.8, 4) is 0 Å². The Morgan fingerprint density at radius 2 is 1.88 bits per heavy atom. The molecule has 0 saturated carbocycles. The van der Waals surface area contributed by atoms with Crippen LogP contribution in [0.4, 0.5) is 0 Å². The monoisotopic (exact) mass is 322 g/mol. The standard InChI is InChI=1S/C19H18N2O3/c1-2-3-12-24-19(23)14-10-8-13(9-11-14)17-15-6-4-5-7-16(15)18(22)21-20-17/h4-11,17H,2-3,12H2,1H3. The van der Waals surface area contributed by atoms with E-state index in [4.69, 9.17) is 4.74 Å². The lowest BCUT2D eigenvalue weighted by Gasteiger charge is -2.18. The van der Waals surface area contributed by atoms with Gasteiger partial charge in [-0.3, -0.25) is 4.79 Å². The second-order valence-corrected chi connectivity index (χ2v) is 5.62. The Hall–Kier alpha value is -2.82. The van der Waals surface area contributed by atoms with Gasteiger partial charge in [0.05, 0.1) is 12.2 Å². The van der Waals surface area contributed by atoms with Gasteiger partial charge in [0, 0.05) is 5.56 Å². The van der Waals surface area contributed by atoms with Crippen LogP contribution in [0.15, 0.2) is 58.8 Å². The molecule has 1 unspecified atom stereocenters. The molecule has 0 bridgehead atoms. The van der Waals surface area contributed by atoms with E-state index in [1.165, 1.54) is 0 Å². The van der Waals surface area contributed by atoms with Gasteiger partial charge in [-0.1, -0.05) is 43.7 Å². The largest absolute Gasteiger partial charge is 0.462 e. The molecule has 0 fully saturated rings. The van der Waals surface area contributed by atoms with E-state index in [9.17, 15) is 9.59 Å². The zero-order valence-corrected chi connectivity index (χ0v) is 13.4. The fraction of sp³-hybridized carbons (Fsp3) is 0.263. The highest BCUT2D eigenvalue weighted by molar-refractivity contribution is 5.97. The molecule has 1 aliphatic heterocycles. The number of carbonyl (C=O) groups is 2. The number of azo groups is 1. The van der Waals surface area contributed by atoms with Crippen molar-refractivity contribution in [2.24, 2.45) is 10.2 Å². The minimum Gasteiger partial charge on any atom is -0.462 e. The van der Waals surface area contributed by atoms with Gasteiger partial charge >= 0.3 is 5.97 Å². The van der Waals surface area contributed by atoms with E-state index >= 15 is 0 Å². The van der Waals surface area contributed by atoms with Gasteiger partial charge in [0.1, 0.15) is 6.04 Å². The average Bonchev–Trinajstić information content (AvgIpc) is 2.63. The van der Waals surface area contributed by atoms with Crippen molar-refractivity contribution >= 4 is 11.9 Å². The van der Waals surface area contributed by atoms with Gasteiger partial charge in [0.25, 0.3) is 5.91 Å². The Morgan fingerprint density at radius 1 is 1.12 bits per heavy atom. The van der Waals surface area contributed by atoms with E-state index in [0.717, 1.165) is 24.0 Å². The molecule has 1 atom stereocenters. The van der Waals surface area contributed by atoms with E-state index < -0.39 is 0 Å². The Labute approximate surface area is 140 Å². The summed E-state index contributed by atoms with van der Waals surface area (Å²) in [7, 11) is 0. The molecular weight excluding hydrogens is 304 g/mol. The Morgan fingerprint density at radius 3 is 2.62 bits per heavy atom. The van der Waals surface area contributed by atoms with Crippen LogP contribution in [-0.4, -0.2) is 18.5 Å². The molecule has 0 radical (unpaired) electrons. The van der Waals surface area contributed by atoms with Gasteiger partial charge < -0.3 is 4.74 Å². The molecule has 0 saturated heterocycles. The third kappa shape index (κ3) is 3.25. The minimum atomic E-state index is -0.330. The summed E-state index contributed by atoms with van der Waals surface area (Å²) in [5.41, 5.74) is 2.78. The molecule has 2 aromatic carbocycles. The predicted octanol–water partition coefficient (Wildman–Crippen LogP) is 4.34. The molecule has 0 spiro atoms. The SMILES string of the molecule is CCCCOC(=O)c1ccc(C2N=NC(=O)c3ccccc32)cc1. The topological polar surface area (TPSA) is 68.1 Å². The van der Waals surface area contributed by atoms with Crippen LogP contribution in [0, 0.1) is 0 Å². The zero-order chi connectivity index (χ0) is 16.9. The number of unbranched alkanes of at least 4 members (excludes halogenated alkanes) is 1. The summed E-state index contributed by atoms with van der Waals surface area (Å²) in [4.78, 5) is 23.7. The Bertz CT molecular complexity index is 781. The first kappa shape index (κ1) is 16.1. The van der Waals surface area contributed by atoms with Crippen LogP contribution in [-0.2, 0) is 4.74 Å². The van der Waals surface area contributed by atoms with Crippen molar-refractivity contribution in [3.63, 3.8) is 0 Å². The molecule has 122 valence electrons. The lowest BCUT2D eigenvalue weighted by atomic mass is 9.93. The first-order chi connectivity index (χ1) is 11.7. The van der Waals surface area contributed by atoms with Gasteiger partial charge in [-0.2, -0.15) is 5.11 Å². The highest BCUT2D eigenvalue weighted by Crippen LogP contribution is 2.32. The van der Waals surface area contributed by atoms with Crippen molar-refractivity contribution < 1.29 is 14.3 Å². The number of nitrogens with zero attached hydrogens (tertiary/aromatic N) is 2. The van der Waals surface area contributed by atoms with E-state index in [2.05, 4.69) is 10.2 Å². The summed E-state index contributed by atoms with van der Waals surface area (Å²) in [6, 6.07) is 14.1. The molecule has 3 rings (SSSR count). The quantitative estimate of drug-likeness (QED) is 0.607. The van der Waals surface area contributed by atoms with Gasteiger partial charge in [-0.25, -0.2) is 4.79 Å². The van der Waals surface area contributed by atoms with Crippen molar-refractivity contribution in [2.45, 2.75) is 25.8 Å². The Balaban J connectivity index is 1.80. The summed E-state index contributed by atoms with van der Waals surface area (Å²) >= 11 is 0. The summed E-state index contributed by atoms with van der Waals surface area (Å²) < 4.78 is 5.20. The van der Waals surface area contributed by atoms with Crippen LogP contribution >= 0.6 is 0 Å². The molecule has 5 nitrogen and oxygen atoms in total. The molecule has 0 aliphatic carbocycles. The lowest BCUT2D eigenvalue weighted by Crippen LogP contribution is -2.11. The summed E-state index contributed by atoms with van der Waals surface area (Å²) in [6.07, 6.45) is 1.84. The number of amides is 1. The van der Waals surface area contributed by atoms with Gasteiger partial charge in [0.2, 0.25) is 0 Å². The molecule has 1 amide bonds. The third-order valence-electron chi connectivity index (χ3n) is 3.94. The summed E-state index contributed by atoms with van der Waals surface area (Å²) in [6.45, 7) is 2.48. The van der Waals surface area contributed by atoms with E-state index in [1.807, 2.05) is 37.3 Å². The third-order valence-corrected chi connectivity index (χ3v) is 3.94. The number of ether oxygens (including phenoxy) is 1. The minimum absolute atomic E-state index is 0.321. The van der Waals surface area contributed by atoms with Crippen LogP contribution in [0.5, 0.6) is 0 Å². The molecule has 2 aromatic rings. The maximum absolute atomic E-state index is 11.9. The highest BCUT2D eigenvalue weighted by atomic mass is 16.5. The first-order valence-electron chi connectivity index (χ1n) is 8.02. The van der Waals surface area contributed by atoms with E-state index in [-0.39, 0.29) is 17.9 Å². The van der Waals surface area contributed by atoms with Crippen LogP contribution in [0.25, 0.3) is 0 Å². The molecular formula is C19H18N2O3. The first-order valence-corrected chi connectivity index (χ1v) is 8.02. The van der Waals surface area contributed by atoms with E-state index in [1.54, 1.807) is 18.2 Å². The number of hydrogen-bond donors (Lipinski definition) is 0. The number of esters is 1. The Kier molecular flexibility index (Phi) is 4.79. The number of carbonyl (C=O) groups excluding carboxylic acids is 2. The lowest BCUT2D eigenvalue weighted by molar-refractivity contribution is 0.0499. The molecule has 0 aromatic heterocycles.